The van der Waals surface area contributed by atoms with Gasteiger partial charge in [0, 0.05) is 23.7 Å². The minimum atomic E-state index is -0.235. The minimum absolute atomic E-state index is 0. The maximum atomic E-state index is 13.2. The lowest BCUT2D eigenvalue weighted by atomic mass is 9.88. The van der Waals surface area contributed by atoms with E-state index in [1.165, 1.54) is 12.1 Å². The van der Waals surface area contributed by atoms with E-state index in [0.717, 1.165) is 36.1 Å². The number of rotatable bonds is 2. The molecule has 1 heterocycles. The number of ether oxygens (including phenoxy) is 1. The van der Waals surface area contributed by atoms with Gasteiger partial charge in [-0.1, -0.05) is 15.9 Å². The molecular weight excluding hydrogens is 308 g/mol. The molecule has 0 unspecified atom stereocenters. The van der Waals surface area contributed by atoms with Gasteiger partial charge in [-0.3, -0.25) is 0 Å². The Morgan fingerprint density at radius 1 is 1.35 bits per heavy atom. The molecule has 1 fully saturated rings. The average molecular weight is 325 g/mol. The molecule has 0 amide bonds. The highest BCUT2D eigenvalue weighted by atomic mass is 79.9. The van der Waals surface area contributed by atoms with Crippen LogP contribution in [-0.2, 0) is 4.74 Å². The van der Waals surface area contributed by atoms with Gasteiger partial charge in [-0.15, -0.1) is 12.4 Å². The zero-order valence-electron chi connectivity index (χ0n) is 9.36. The number of hydrogen-bond donors (Lipinski definition) is 1. The third-order valence-electron chi connectivity index (χ3n) is 3.09. The first kappa shape index (κ1) is 14.9. The Morgan fingerprint density at radius 2 is 2.00 bits per heavy atom. The summed E-state index contributed by atoms with van der Waals surface area (Å²) in [7, 11) is 0. The molecule has 0 aromatic heterocycles. The highest BCUT2D eigenvalue weighted by molar-refractivity contribution is 9.10. The zero-order chi connectivity index (χ0) is 11.5. The van der Waals surface area contributed by atoms with Crippen LogP contribution in [0.5, 0.6) is 0 Å². The van der Waals surface area contributed by atoms with Crippen LogP contribution >= 0.6 is 28.3 Å². The van der Waals surface area contributed by atoms with Gasteiger partial charge in [-0.05, 0) is 42.5 Å². The molecule has 2 nitrogen and oxygen atoms in total. The van der Waals surface area contributed by atoms with Crippen LogP contribution in [0.4, 0.5) is 4.39 Å². The van der Waals surface area contributed by atoms with Crippen LogP contribution in [0.15, 0.2) is 22.7 Å². The van der Waals surface area contributed by atoms with Gasteiger partial charge in [0.1, 0.15) is 5.82 Å². The van der Waals surface area contributed by atoms with Crippen LogP contribution < -0.4 is 5.73 Å². The molecule has 96 valence electrons. The molecule has 1 saturated heterocycles. The lowest BCUT2D eigenvalue weighted by molar-refractivity contribution is 0.0583. The van der Waals surface area contributed by atoms with Crippen molar-refractivity contribution in [3.8, 4) is 0 Å². The van der Waals surface area contributed by atoms with Crippen LogP contribution in [0.1, 0.15) is 24.4 Å². The first-order valence-corrected chi connectivity index (χ1v) is 6.26. The normalized spacial score (nSPS) is 18.5. The van der Waals surface area contributed by atoms with Crippen molar-refractivity contribution in [2.24, 2.45) is 11.7 Å². The van der Waals surface area contributed by atoms with Crippen LogP contribution in [0.25, 0.3) is 0 Å². The van der Waals surface area contributed by atoms with Gasteiger partial charge >= 0.3 is 0 Å². The summed E-state index contributed by atoms with van der Waals surface area (Å²) in [5.74, 6) is 0.146. The van der Waals surface area contributed by atoms with Crippen LogP contribution in [0.2, 0.25) is 0 Å². The summed E-state index contributed by atoms with van der Waals surface area (Å²) < 4.78 is 19.4. The van der Waals surface area contributed by atoms with E-state index in [9.17, 15) is 4.39 Å². The summed E-state index contributed by atoms with van der Waals surface area (Å²) in [5.41, 5.74) is 7.04. The molecule has 1 aliphatic heterocycles. The van der Waals surface area contributed by atoms with Crippen molar-refractivity contribution in [2.75, 3.05) is 13.2 Å². The predicted octanol–water partition coefficient (Wildman–Crippen LogP) is 3.44. The van der Waals surface area contributed by atoms with Crippen molar-refractivity contribution >= 4 is 28.3 Å². The van der Waals surface area contributed by atoms with Crippen molar-refractivity contribution in [3.05, 3.63) is 34.1 Å². The molecule has 0 aliphatic carbocycles. The number of nitrogens with two attached hydrogens (primary N) is 1. The lowest BCUT2D eigenvalue weighted by Gasteiger charge is -2.28. The predicted molar refractivity (Wildman–Crippen MR) is 71.8 cm³/mol. The van der Waals surface area contributed by atoms with Gasteiger partial charge in [0.05, 0.1) is 0 Å². The SMILES string of the molecule is Cl.N[C@H](c1cc(F)ccc1Br)C1CCOCC1. The molecule has 5 heteroatoms. The van der Waals surface area contributed by atoms with Crippen molar-refractivity contribution < 1.29 is 9.13 Å². The molecule has 2 N–H and O–H groups in total. The Bertz CT molecular complexity index is 372. The van der Waals surface area contributed by atoms with Crippen LogP contribution in [0.3, 0.4) is 0 Å². The fourth-order valence-corrected chi connectivity index (χ4v) is 2.61. The molecule has 1 aromatic rings. The minimum Gasteiger partial charge on any atom is -0.381 e. The van der Waals surface area contributed by atoms with Crippen LogP contribution in [-0.4, -0.2) is 13.2 Å². The van der Waals surface area contributed by atoms with E-state index in [1.807, 2.05) is 0 Å². The van der Waals surface area contributed by atoms with Crippen molar-refractivity contribution in [2.45, 2.75) is 18.9 Å². The van der Waals surface area contributed by atoms with Gasteiger partial charge < -0.3 is 10.5 Å². The van der Waals surface area contributed by atoms with Gasteiger partial charge in [0.2, 0.25) is 0 Å². The van der Waals surface area contributed by atoms with Gasteiger partial charge in [0.25, 0.3) is 0 Å². The Labute approximate surface area is 115 Å². The Hall–Kier alpha value is -0.160. The topological polar surface area (TPSA) is 35.2 Å². The standard InChI is InChI=1S/C12H15BrFNO.ClH/c13-11-2-1-9(14)7-10(11)12(15)8-3-5-16-6-4-8;/h1-2,7-8,12H,3-6,15H2;1H/t12-;/m0./s1. The molecule has 1 aromatic carbocycles. The number of hydrogen-bond acceptors (Lipinski definition) is 2. The van der Waals surface area contributed by atoms with Crippen molar-refractivity contribution in [1.29, 1.82) is 0 Å². The third-order valence-corrected chi connectivity index (χ3v) is 3.81. The molecule has 0 radical (unpaired) electrons. The Balaban J connectivity index is 0.00000144. The molecule has 17 heavy (non-hydrogen) atoms. The Kier molecular flexibility index (Phi) is 5.86. The quantitative estimate of drug-likeness (QED) is 0.904. The summed E-state index contributed by atoms with van der Waals surface area (Å²) in [5, 5.41) is 0. The number of halogens is 3. The molecular formula is C12H16BrClFNO. The second-order valence-electron chi connectivity index (χ2n) is 4.14. The fraction of sp³-hybridized carbons (Fsp3) is 0.500. The van der Waals surface area contributed by atoms with Gasteiger partial charge in [0.15, 0.2) is 0 Å². The summed E-state index contributed by atoms with van der Waals surface area (Å²) in [6.45, 7) is 1.51. The van der Waals surface area contributed by atoms with Gasteiger partial charge in [-0.25, -0.2) is 4.39 Å². The monoisotopic (exact) mass is 323 g/mol. The van der Waals surface area contributed by atoms with E-state index in [2.05, 4.69) is 15.9 Å². The first-order valence-electron chi connectivity index (χ1n) is 5.47. The van der Waals surface area contributed by atoms with E-state index in [1.54, 1.807) is 6.07 Å². The molecule has 0 saturated carbocycles. The molecule has 1 atom stereocenters. The summed E-state index contributed by atoms with van der Waals surface area (Å²) in [6.07, 6.45) is 1.90. The zero-order valence-corrected chi connectivity index (χ0v) is 11.8. The summed E-state index contributed by atoms with van der Waals surface area (Å²) in [4.78, 5) is 0. The number of benzene rings is 1. The molecule has 0 bridgehead atoms. The van der Waals surface area contributed by atoms with E-state index in [0.29, 0.717) is 5.92 Å². The maximum absolute atomic E-state index is 13.2. The van der Waals surface area contributed by atoms with E-state index < -0.39 is 0 Å². The maximum Gasteiger partial charge on any atom is 0.123 e. The highest BCUT2D eigenvalue weighted by Crippen LogP contribution is 2.32. The van der Waals surface area contributed by atoms with E-state index in [-0.39, 0.29) is 24.3 Å². The smallest absolute Gasteiger partial charge is 0.123 e. The van der Waals surface area contributed by atoms with E-state index >= 15 is 0 Å². The first-order chi connectivity index (χ1) is 7.68. The van der Waals surface area contributed by atoms with Crippen LogP contribution in [0, 0.1) is 11.7 Å². The lowest BCUT2D eigenvalue weighted by Crippen LogP contribution is -2.27. The second kappa shape index (κ2) is 6.69. The summed E-state index contributed by atoms with van der Waals surface area (Å²) >= 11 is 3.42. The molecule has 0 spiro atoms. The van der Waals surface area contributed by atoms with Crippen molar-refractivity contribution in [3.63, 3.8) is 0 Å². The van der Waals surface area contributed by atoms with E-state index in [4.69, 9.17) is 10.5 Å². The molecule has 2 rings (SSSR count). The Morgan fingerprint density at radius 3 is 2.65 bits per heavy atom. The van der Waals surface area contributed by atoms with Gasteiger partial charge in [-0.2, -0.15) is 0 Å². The second-order valence-corrected chi connectivity index (χ2v) is 5.00. The van der Waals surface area contributed by atoms with Crippen molar-refractivity contribution in [1.82, 2.24) is 0 Å². The highest BCUT2D eigenvalue weighted by Gasteiger charge is 2.23. The largest absolute Gasteiger partial charge is 0.381 e. The third kappa shape index (κ3) is 3.65. The molecule has 1 aliphatic rings. The fourth-order valence-electron chi connectivity index (χ4n) is 2.10. The average Bonchev–Trinajstić information content (AvgIpc) is 2.32. The summed E-state index contributed by atoms with van der Waals surface area (Å²) in [6, 6.07) is 4.55.